The number of hydrogen-bond donors (Lipinski definition) is 1. The fraction of sp³-hybridized carbons (Fsp3) is 0.667. The number of rotatable bonds is 5. The van der Waals surface area contributed by atoms with E-state index in [0.29, 0.717) is 10.0 Å². The molecule has 1 N–H and O–H groups in total. The van der Waals surface area contributed by atoms with Crippen molar-refractivity contribution in [2.75, 3.05) is 52.4 Å². The second-order valence-corrected chi connectivity index (χ2v) is 7.65. The van der Waals surface area contributed by atoms with E-state index in [-0.39, 0.29) is 0 Å². The highest BCUT2D eigenvalue weighted by molar-refractivity contribution is 6.42. The zero-order valence-corrected chi connectivity index (χ0v) is 15.2. The standard InChI is InChI=1S/C18H27Cl2N3/c19-17-2-1-15(13-18(17)20)5-8-22-9-11-23(12-10-22)14-16-3-6-21-7-4-16/h1-2,13,16,21H,3-12,14H2. The van der Waals surface area contributed by atoms with Crippen LogP contribution in [0.3, 0.4) is 0 Å². The molecule has 1 aromatic rings. The van der Waals surface area contributed by atoms with Crippen LogP contribution in [-0.2, 0) is 6.42 Å². The molecule has 23 heavy (non-hydrogen) atoms. The minimum atomic E-state index is 0.641. The topological polar surface area (TPSA) is 18.5 Å². The highest BCUT2D eigenvalue weighted by atomic mass is 35.5. The van der Waals surface area contributed by atoms with Crippen molar-refractivity contribution in [3.05, 3.63) is 33.8 Å². The predicted molar refractivity (Wildman–Crippen MR) is 98.6 cm³/mol. The van der Waals surface area contributed by atoms with Crippen molar-refractivity contribution in [2.45, 2.75) is 19.3 Å². The summed E-state index contributed by atoms with van der Waals surface area (Å²) in [5.74, 6) is 0.902. The van der Waals surface area contributed by atoms with Crippen LogP contribution in [0.5, 0.6) is 0 Å². The molecule has 2 heterocycles. The van der Waals surface area contributed by atoms with Gasteiger partial charge in [0, 0.05) is 39.3 Å². The predicted octanol–water partition coefficient (Wildman–Crippen LogP) is 3.15. The quantitative estimate of drug-likeness (QED) is 0.874. The smallest absolute Gasteiger partial charge is 0.0595 e. The number of piperidine rings is 1. The van der Waals surface area contributed by atoms with Crippen LogP contribution in [0.2, 0.25) is 10.0 Å². The Morgan fingerprint density at radius 2 is 1.65 bits per heavy atom. The SMILES string of the molecule is Clc1ccc(CCN2CCN(CC3CCNCC3)CC2)cc1Cl. The minimum Gasteiger partial charge on any atom is -0.317 e. The molecule has 0 aliphatic carbocycles. The molecule has 2 saturated heterocycles. The number of hydrogen-bond acceptors (Lipinski definition) is 3. The van der Waals surface area contributed by atoms with Gasteiger partial charge in [0.2, 0.25) is 0 Å². The Bertz CT molecular complexity index is 495. The second-order valence-electron chi connectivity index (χ2n) is 6.83. The van der Waals surface area contributed by atoms with Gasteiger partial charge in [0.15, 0.2) is 0 Å². The van der Waals surface area contributed by atoms with Gasteiger partial charge >= 0.3 is 0 Å². The van der Waals surface area contributed by atoms with Crippen LogP contribution in [0, 0.1) is 5.92 Å². The summed E-state index contributed by atoms with van der Waals surface area (Å²) in [4.78, 5) is 5.23. The second kappa shape index (κ2) is 8.68. The molecule has 0 saturated carbocycles. The molecule has 0 amide bonds. The van der Waals surface area contributed by atoms with E-state index < -0.39 is 0 Å². The van der Waals surface area contributed by atoms with E-state index in [1.54, 1.807) is 0 Å². The summed E-state index contributed by atoms with van der Waals surface area (Å²) in [5, 5.41) is 4.76. The third kappa shape index (κ3) is 5.33. The van der Waals surface area contributed by atoms with E-state index in [4.69, 9.17) is 23.2 Å². The van der Waals surface area contributed by atoms with Gasteiger partial charge in [-0.1, -0.05) is 29.3 Å². The number of nitrogens with zero attached hydrogens (tertiary/aromatic N) is 2. The monoisotopic (exact) mass is 355 g/mol. The van der Waals surface area contributed by atoms with Gasteiger partial charge in [0.25, 0.3) is 0 Å². The van der Waals surface area contributed by atoms with Crippen molar-refractivity contribution < 1.29 is 0 Å². The molecular weight excluding hydrogens is 329 g/mol. The average Bonchev–Trinajstić information content (AvgIpc) is 2.58. The highest BCUT2D eigenvalue weighted by Gasteiger charge is 2.21. The maximum absolute atomic E-state index is 6.09. The Labute approximate surface area is 149 Å². The Morgan fingerprint density at radius 3 is 2.35 bits per heavy atom. The van der Waals surface area contributed by atoms with Crippen molar-refractivity contribution in [3.63, 3.8) is 0 Å². The van der Waals surface area contributed by atoms with Gasteiger partial charge in [0.05, 0.1) is 10.0 Å². The van der Waals surface area contributed by atoms with E-state index in [9.17, 15) is 0 Å². The number of piperazine rings is 1. The zero-order chi connectivity index (χ0) is 16.1. The van der Waals surface area contributed by atoms with E-state index in [2.05, 4.69) is 21.2 Å². The highest BCUT2D eigenvalue weighted by Crippen LogP contribution is 2.23. The third-order valence-electron chi connectivity index (χ3n) is 5.14. The van der Waals surface area contributed by atoms with Crippen LogP contribution in [0.1, 0.15) is 18.4 Å². The molecule has 128 valence electrons. The van der Waals surface area contributed by atoms with Crippen LogP contribution in [0.25, 0.3) is 0 Å². The molecule has 0 unspecified atom stereocenters. The summed E-state index contributed by atoms with van der Waals surface area (Å²) >= 11 is 12.1. The molecule has 0 radical (unpaired) electrons. The molecule has 0 aromatic heterocycles. The van der Waals surface area contributed by atoms with Crippen LogP contribution >= 0.6 is 23.2 Å². The van der Waals surface area contributed by atoms with Crippen molar-refractivity contribution in [2.24, 2.45) is 5.92 Å². The van der Waals surface area contributed by atoms with Crippen LogP contribution in [0.4, 0.5) is 0 Å². The van der Waals surface area contributed by atoms with Crippen LogP contribution < -0.4 is 5.32 Å². The molecule has 5 heteroatoms. The molecule has 2 aliphatic rings. The first-order chi connectivity index (χ1) is 11.2. The molecular formula is C18H27Cl2N3. The van der Waals surface area contributed by atoms with Gasteiger partial charge in [-0.25, -0.2) is 0 Å². The van der Waals surface area contributed by atoms with Crippen molar-refractivity contribution in [3.8, 4) is 0 Å². The lowest BCUT2D eigenvalue weighted by Crippen LogP contribution is -2.48. The molecule has 3 rings (SSSR count). The van der Waals surface area contributed by atoms with Crippen molar-refractivity contribution in [1.82, 2.24) is 15.1 Å². The Kier molecular flexibility index (Phi) is 6.61. The summed E-state index contributed by atoms with van der Waals surface area (Å²) in [6, 6.07) is 5.98. The van der Waals surface area contributed by atoms with Crippen LogP contribution in [0.15, 0.2) is 18.2 Å². The lowest BCUT2D eigenvalue weighted by Gasteiger charge is -2.37. The average molecular weight is 356 g/mol. The maximum Gasteiger partial charge on any atom is 0.0595 e. The normalized spacial score (nSPS) is 21.7. The van der Waals surface area contributed by atoms with Crippen molar-refractivity contribution in [1.29, 1.82) is 0 Å². The van der Waals surface area contributed by atoms with E-state index in [1.165, 1.54) is 64.2 Å². The summed E-state index contributed by atoms with van der Waals surface area (Å²) < 4.78 is 0. The molecule has 0 spiro atoms. The number of nitrogens with one attached hydrogen (secondary N) is 1. The Morgan fingerprint density at radius 1 is 0.957 bits per heavy atom. The molecule has 0 atom stereocenters. The van der Waals surface area contributed by atoms with Gasteiger partial charge < -0.3 is 15.1 Å². The third-order valence-corrected chi connectivity index (χ3v) is 5.88. The van der Waals surface area contributed by atoms with E-state index in [0.717, 1.165) is 18.9 Å². The molecule has 2 aliphatic heterocycles. The Hall–Kier alpha value is -0.320. The van der Waals surface area contributed by atoms with Gasteiger partial charge in [-0.2, -0.15) is 0 Å². The van der Waals surface area contributed by atoms with Gasteiger partial charge in [0.1, 0.15) is 0 Å². The van der Waals surface area contributed by atoms with Gasteiger partial charge in [-0.3, -0.25) is 0 Å². The van der Waals surface area contributed by atoms with E-state index >= 15 is 0 Å². The number of halogens is 2. The van der Waals surface area contributed by atoms with Gasteiger partial charge in [-0.05, 0) is 56.0 Å². The lowest BCUT2D eigenvalue weighted by molar-refractivity contribution is 0.112. The summed E-state index contributed by atoms with van der Waals surface area (Å²) in [6.45, 7) is 9.61. The molecule has 3 nitrogen and oxygen atoms in total. The minimum absolute atomic E-state index is 0.641. The first kappa shape index (κ1) is 17.5. The fourth-order valence-corrected chi connectivity index (χ4v) is 3.93. The number of benzene rings is 1. The first-order valence-corrected chi connectivity index (χ1v) is 9.55. The molecule has 1 aromatic carbocycles. The molecule has 2 fully saturated rings. The fourth-order valence-electron chi connectivity index (χ4n) is 3.61. The molecule has 0 bridgehead atoms. The van der Waals surface area contributed by atoms with Gasteiger partial charge in [-0.15, -0.1) is 0 Å². The van der Waals surface area contributed by atoms with E-state index in [1.807, 2.05) is 12.1 Å². The van der Waals surface area contributed by atoms with Crippen LogP contribution in [-0.4, -0.2) is 62.2 Å². The van der Waals surface area contributed by atoms with Crippen molar-refractivity contribution >= 4 is 23.2 Å². The Balaban J connectivity index is 1.37. The summed E-state index contributed by atoms with van der Waals surface area (Å²) in [7, 11) is 0. The maximum atomic E-state index is 6.09. The summed E-state index contributed by atoms with van der Waals surface area (Å²) in [6.07, 6.45) is 3.74. The largest absolute Gasteiger partial charge is 0.317 e. The zero-order valence-electron chi connectivity index (χ0n) is 13.7. The summed E-state index contributed by atoms with van der Waals surface area (Å²) in [5.41, 5.74) is 1.27. The lowest BCUT2D eigenvalue weighted by atomic mass is 9.97. The first-order valence-electron chi connectivity index (χ1n) is 8.80.